The molecule has 0 atom stereocenters. The zero-order valence-electron chi connectivity index (χ0n) is 14.9. The molecule has 1 saturated carbocycles. The molecule has 1 spiro atoms. The molecule has 0 radical (unpaired) electrons. The molecule has 0 bridgehead atoms. The van der Waals surface area contributed by atoms with Crippen molar-refractivity contribution >= 4 is 38.3 Å². The van der Waals surface area contributed by atoms with Gasteiger partial charge in [0.1, 0.15) is 0 Å². The number of halogens is 1. The van der Waals surface area contributed by atoms with E-state index in [1.54, 1.807) is 6.20 Å². The van der Waals surface area contributed by atoms with Crippen LogP contribution in [0, 0.1) is 0 Å². The summed E-state index contributed by atoms with van der Waals surface area (Å²) in [5.41, 5.74) is 3.92. The minimum Gasteiger partial charge on any atom is -0.325 e. The highest BCUT2D eigenvalue weighted by atomic mass is 79.9. The molecule has 0 unspecified atom stereocenters. The van der Waals surface area contributed by atoms with Gasteiger partial charge in [0.25, 0.3) is 0 Å². The summed E-state index contributed by atoms with van der Waals surface area (Å²) >= 11 is 3.60. The summed E-state index contributed by atoms with van der Waals surface area (Å²) in [7, 11) is 0. The quantitative estimate of drug-likeness (QED) is 0.677. The number of benzene rings is 2. The number of rotatable bonds is 3. The molecule has 1 N–H and O–H groups in total. The van der Waals surface area contributed by atoms with E-state index in [2.05, 4.69) is 49.3 Å². The van der Waals surface area contributed by atoms with Gasteiger partial charge < -0.3 is 5.32 Å². The standard InChI is InChI=1S/C22H20BrN3O/c23-18-3-1-17-12-26(14-22(6-7-22)20(17)10-18)13-21(27)25-19-4-2-16-11-24-8-5-15(16)9-19/h1-5,8-11H,6-7,12-14H2,(H,25,27). The Kier molecular flexibility index (Phi) is 4.02. The second kappa shape index (κ2) is 6.43. The smallest absolute Gasteiger partial charge is 0.238 e. The van der Waals surface area contributed by atoms with Gasteiger partial charge in [-0.25, -0.2) is 0 Å². The van der Waals surface area contributed by atoms with Crippen LogP contribution in [0.15, 0.2) is 59.3 Å². The first-order valence-corrected chi connectivity index (χ1v) is 10.1. The average molecular weight is 422 g/mol. The van der Waals surface area contributed by atoms with E-state index in [-0.39, 0.29) is 11.3 Å². The molecule has 5 rings (SSSR count). The third-order valence-electron chi connectivity index (χ3n) is 5.71. The molecular weight excluding hydrogens is 402 g/mol. The topological polar surface area (TPSA) is 45.2 Å². The van der Waals surface area contributed by atoms with Crippen molar-refractivity contribution in [3.63, 3.8) is 0 Å². The van der Waals surface area contributed by atoms with Gasteiger partial charge in [-0.15, -0.1) is 0 Å². The maximum absolute atomic E-state index is 12.6. The Morgan fingerprint density at radius 2 is 2.04 bits per heavy atom. The van der Waals surface area contributed by atoms with Crippen molar-refractivity contribution in [1.82, 2.24) is 9.88 Å². The lowest BCUT2D eigenvalue weighted by molar-refractivity contribution is -0.117. The highest BCUT2D eigenvalue weighted by molar-refractivity contribution is 9.10. The Bertz CT molecular complexity index is 1040. The molecule has 5 heteroatoms. The highest BCUT2D eigenvalue weighted by Crippen LogP contribution is 2.52. The van der Waals surface area contributed by atoms with Crippen molar-refractivity contribution in [2.75, 3.05) is 18.4 Å². The maximum Gasteiger partial charge on any atom is 0.238 e. The molecule has 2 aliphatic rings. The zero-order valence-corrected chi connectivity index (χ0v) is 16.5. The summed E-state index contributed by atoms with van der Waals surface area (Å²) in [5.74, 6) is 0.0415. The fourth-order valence-corrected chi connectivity index (χ4v) is 4.61. The van der Waals surface area contributed by atoms with Gasteiger partial charge in [-0.1, -0.05) is 28.1 Å². The van der Waals surface area contributed by atoms with Crippen LogP contribution in [-0.2, 0) is 16.8 Å². The lowest BCUT2D eigenvalue weighted by Gasteiger charge is -2.34. The number of nitrogens with zero attached hydrogens (tertiary/aromatic N) is 2. The number of hydrogen-bond donors (Lipinski definition) is 1. The van der Waals surface area contributed by atoms with E-state index < -0.39 is 0 Å². The Labute approximate surface area is 166 Å². The second-order valence-electron chi connectivity index (χ2n) is 7.71. The number of carbonyl (C=O) groups excluding carboxylic acids is 1. The lowest BCUT2D eigenvalue weighted by Crippen LogP contribution is -2.42. The van der Waals surface area contributed by atoms with Crippen molar-refractivity contribution < 1.29 is 4.79 Å². The first-order chi connectivity index (χ1) is 13.1. The molecule has 2 aromatic carbocycles. The summed E-state index contributed by atoms with van der Waals surface area (Å²) in [6.07, 6.45) is 6.03. The van der Waals surface area contributed by atoms with Gasteiger partial charge in [0.05, 0.1) is 6.54 Å². The minimum atomic E-state index is 0.0415. The Morgan fingerprint density at radius 3 is 2.89 bits per heavy atom. The van der Waals surface area contributed by atoms with Gasteiger partial charge in [-0.2, -0.15) is 0 Å². The minimum absolute atomic E-state index is 0.0415. The first-order valence-electron chi connectivity index (χ1n) is 9.26. The predicted molar refractivity (Wildman–Crippen MR) is 111 cm³/mol. The van der Waals surface area contributed by atoms with Crippen LogP contribution in [0.4, 0.5) is 5.69 Å². The third kappa shape index (κ3) is 3.26. The van der Waals surface area contributed by atoms with Crippen LogP contribution < -0.4 is 5.32 Å². The number of aromatic nitrogens is 1. The van der Waals surface area contributed by atoms with Crippen LogP contribution in [0.1, 0.15) is 24.0 Å². The molecule has 3 aromatic rings. The fraction of sp³-hybridized carbons (Fsp3) is 0.273. The van der Waals surface area contributed by atoms with Gasteiger partial charge >= 0.3 is 0 Å². The number of anilines is 1. The molecular formula is C22H20BrN3O. The summed E-state index contributed by atoms with van der Waals surface area (Å²) < 4.78 is 1.14. The Balaban J connectivity index is 1.30. The van der Waals surface area contributed by atoms with E-state index in [0.29, 0.717) is 6.54 Å². The van der Waals surface area contributed by atoms with Crippen LogP contribution in [0.5, 0.6) is 0 Å². The van der Waals surface area contributed by atoms with Crippen molar-refractivity contribution in [3.05, 3.63) is 70.5 Å². The average Bonchev–Trinajstić information content (AvgIpc) is 3.42. The molecule has 0 saturated heterocycles. The van der Waals surface area contributed by atoms with Gasteiger partial charge in [0, 0.05) is 46.4 Å². The van der Waals surface area contributed by atoms with Crippen LogP contribution in [0.3, 0.4) is 0 Å². The summed E-state index contributed by atoms with van der Waals surface area (Å²) in [5, 5.41) is 5.21. The van der Waals surface area contributed by atoms with E-state index in [4.69, 9.17) is 0 Å². The molecule has 4 nitrogen and oxygen atoms in total. The van der Waals surface area contributed by atoms with Crippen LogP contribution in [0.2, 0.25) is 0 Å². The van der Waals surface area contributed by atoms with Gasteiger partial charge in [-0.3, -0.25) is 14.7 Å². The number of nitrogens with one attached hydrogen (secondary N) is 1. The molecule has 1 fully saturated rings. The molecule has 2 heterocycles. The lowest BCUT2D eigenvalue weighted by atomic mass is 9.87. The molecule has 1 aliphatic heterocycles. The number of fused-ring (bicyclic) bond motifs is 3. The second-order valence-corrected chi connectivity index (χ2v) is 8.63. The van der Waals surface area contributed by atoms with Crippen LogP contribution in [-0.4, -0.2) is 28.9 Å². The summed E-state index contributed by atoms with van der Waals surface area (Å²) in [6, 6.07) is 14.5. The number of carbonyl (C=O) groups is 1. The molecule has 1 amide bonds. The largest absolute Gasteiger partial charge is 0.325 e. The normalized spacial score (nSPS) is 17.7. The van der Waals surface area contributed by atoms with E-state index in [0.717, 1.165) is 34.0 Å². The zero-order chi connectivity index (χ0) is 18.4. The van der Waals surface area contributed by atoms with Gasteiger partial charge in [0.2, 0.25) is 5.91 Å². The number of hydrogen-bond acceptors (Lipinski definition) is 3. The molecule has 136 valence electrons. The third-order valence-corrected chi connectivity index (χ3v) is 6.20. The predicted octanol–water partition coefficient (Wildman–Crippen LogP) is 4.48. The molecule has 1 aromatic heterocycles. The monoisotopic (exact) mass is 421 g/mol. The van der Waals surface area contributed by atoms with E-state index in [9.17, 15) is 4.79 Å². The van der Waals surface area contributed by atoms with Crippen molar-refractivity contribution in [2.45, 2.75) is 24.8 Å². The van der Waals surface area contributed by atoms with E-state index >= 15 is 0 Å². The summed E-state index contributed by atoms with van der Waals surface area (Å²) in [4.78, 5) is 19.1. The summed E-state index contributed by atoms with van der Waals surface area (Å²) in [6.45, 7) is 2.22. The van der Waals surface area contributed by atoms with Crippen molar-refractivity contribution in [3.8, 4) is 0 Å². The maximum atomic E-state index is 12.6. The van der Waals surface area contributed by atoms with E-state index in [1.165, 1.54) is 24.0 Å². The highest BCUT2D eigenvalue weighted by Gasteiger charge is 2.49. The van der Waals surface area contributed by atoms with Crippen molar-refractivity contribution in [2.24, 2.45) is 0 Å². The van der Waals surface area contributed by atoms with Crippen molar-refractivity contribution in [1.29, 1.82) is 0 Å². The molecule has 27 heavy (non-hydrogen) atoms. The van der Waals surface area contributed by atoms with Gasteiger partial charge in [0.15, 0.2) is 0 Å². The number of amides is 1. The van der Waals surface area contributed by atoms with E-state index in [1.807, 2.05) is 30.5 Å². The first kappa shape index (κ1) is 16.9. The van der Waals surface area contributed by atoms with Crippen LogP contribution in [0.25, 0.3) is 10.8 Å². The van der Waals surface area contributed by atoms with Gasteiger partial charge in [-0.05, 0) is 59.7 Å². The Hall–Kier alpha value is -2.24. The van der Waals surface area contributed by atoms with Crippen LogP contribution >= 0.6 is 15.9 Å². The fourth-order valence-electron chi connectivity index (χ4n) is 4.25. The Morgan fingerprint density at radius 1 is 1.15 bits per heavy atom. The number of pyridine rings is 1. The molecule has 1 aliphatic carbocycles. The SMILES string of the molecule is O=C(CN1Cc2ccc(Br)cc2C2(CC2)C1)Nc1ccc2cnccc2c1.